The highest BCUT2D eigenvalue weighted by molar-refractivity contribution is 5.62. The van der Waals surface area contributed by atoms with E-state index in [4.69, 9.17) is 0 Å². The van der Waals surface area contributed by atoms with Crippen molar-refractivity contribution < 1.29 is 19.0 Å². The minimum absolute atomic E-state index is 0.240. The lowest BCUT2D eigenvalue weighted by atomic mass is 9.61. The van der Waals surface area contributed by atoms with E-state index >= 15 is 0 Å². The van der Waals surface area contributed by atoms with E-state index in [0.29, 0.717) is 29.8 Å². The predicted molar refractivity (Wildman–Crippen MR) is 103 cm³/mol. The summed E-state index contributed by atoms with van der Waals surface area (Å²) in [6.45, 7) is 4.06. The van der Waals surface area contributed by atoms with E-state index in [9.17, 15) is 19.0 Å². The summed E-state index contributed by atoms with van der Waals surface area (Å²) in [6.07, 6.45) is 1.36. The zero-order valence-electron chi connectivity index (χ0n) is 15.7. The molecule has 3 nitrogen and oxygen atoms in total. The van der Waals surface area contributed by atoms with Crippen molar-refractivity contribution in [1.82, 2.24) is 4.98 Å². The lowest BCUT2D eigenvalue weighted by Crippen LogP contribution is -2.47. The van der Waals surface area contributed by atoms with Crippen LogP contribution in [-0.4, -0.2) is 15.2 Å². The van der Waals surface area contributed by atoms with Crippen LogP contribution in [0.25, 0.3) is 11.3 Å². The number of halogens is 2. The third-order valence-electron chi connectivity index (χ3n) is 5.83. The summed E-state index contributed by atoms with van der Waals surface area (Å²) in [5, 5.41) is 21.1. The first kappa shape index (κ1) is 18.6. The first-order valence-corrected chi connectivity index (χ1v) is 9.21. The molecule has 5 heteroatoms. The Morgan fingerprint density at radius 3 is 2.25 bits per heavy atom. The van der Waals surface area contributed by atoms with Gasteiger partial charge in [0, 0.05) is 22.2 Å². The molecule has 0 saturated carbocycles. The van der Waals surface area contributed by atoms with E-state index in [1.807, 2.05) is 44.2 Å². The van der Waals surface area contributed by atoms with Crippen LogP contribution < -0.4 is 0 Å². The largest absolute Gasteiger partial charge is 0.503 e. The molecule has 1 unspecified atom stereocenters. The number of fused-ring (bicyclic) bond motifs is 1. The van der Waals surface area contributed by atoms with Gasteiger partial charge >= 0.3 is 0 Å². The lowest BCUT2D eigenvalue weighted by Gasteiger charge is -2.47. The Bertz CT molecular complexity index is 1030. The van der Waals surface area contributed by atoms with Crippen LogP contribution in [0.4, 0.5) is 8.78 Å². The second kappa shape index (κ2) is 6.38. The topological polar surface area (TPSA) is 53.4 Å². The maximum atomic E-state index is 13.8. The minimum atomic E-state index is -1.22. The van der Waals surface area contributed by atoms with Gasteiger partial charge in [0.1, 0.15) is 5.60 Å². The second-order valence-corrected chi connectivity index (χ2v) is 7.94. The molecule has 1 heterocycles. The molecule has 4 rings (SSSR count). The Labute approximate surface area is 162 Å². The fourth-order valence-electron chi connectivity index (χ4n) is 4.10. The van der Waals surface area contributed by atoms with Gasteiger partial charge in [-0.25, -0.2) is 8.78 Å². The molecule has 0 fully saturated rings. The van der Waals surface area contributed by atoms with Gasteiger partial charge in [0.25, 0.3) is 0 Å². The van der Waals surface area contributed by atoms with Crippen molar-refractivity contribution in [2.45, 2.75) is 32.3 Å². The van der Waals surface area contributed by atoms with Gasteiger partial charge in [-0.2, -0.15) is 0 Å². The van der Waals surface area contributed by atoms with E-state index < -0.39 is 28.4 Å². The predicted octanol–water partition coefficient (Wildman–Crippen LogP) is 4.94. The molecular weight excluding hydrogens is 360 g/mol. The standard InChI is InChI=1S/C23H21F2NO2/c1-22(2)11-10-20-16(23(22,28)15-6-4-3-5-7-15)8-9-19(26-20)14-12-17(24)21(27)18(25)13-14/h3-9,12-13,27-28H,10-11H2,1-2H3. The first-order valence-electron chi connectivity index (χ1n) is 9.21. The maximum absolute atomic E-state index is 13.8. The quantitative estimate of drug-likeness (QED) is 0.661. The Hall–Kier alpha value is -2.79. The number of aromatic nitrogens is 1. The monoisotopic (exact) mass is 381 g/mol. The summed E-state index contributed by atoms with van der Waals surface area (Å²) in [5.41, 5.74) is 1.20. The molecule has 1 aliphatic rings. The van der Waals surface area contributed by atoms with Crippen molar-refractivity contribution in [3.63, 3.8) is 0 Å². The summed E-state index contributed by atoms with van der Waals surface area (Å²) in [7, 11) is 0. The van der Waals surface area contributed by atoms with Crippen LogP contribution in [0.2, 0.25) is 0 Å². The van der Waals surface area contributed by atoms with Gasteiger partial charge in [0.2, 0.25) is 0 Å². The van der Waals surface area contributed by atoms with Crippen LogP contribution >= 0.6 is 0 Å². The Balaban J connectivity index is 1.87. The molecule has 0 saturated heterocycles. The van der Waals surface area contributed by atoms with Crippen molar-refractivity contribution >= 4 is 0 Å². The third kappa shape index (κ3) is 2.69. The van der Waals surface area contributed by atoms with Gasteiger partial charge < -0.3 is 10.2 Å². The summed E-state index contributed by atoms with van der Waals surface area (Å²) >= 11 is 0. The molecule has 144 valence electrons. The van der Waals surface area contributed by atoms with Crippen molar-refractivity contribution in [2.24, 2.45) is 5.41 Å². The van der Waals surface area contributed by atoms with Crippen LogP contribution in [0.1, 0.15) is 37.1 Å². The molecule has 0 amide bonds. The highest BCUT2D eigenvalue weighted by Crippen LogP contribution is 2.51. The second-order valence-electron chi connectivity index (χ2n) is 7.94. The molecule has 3 aromatic rings. The molecule has 2 aromatic carbocycles. The number of benzene rings is 2. The molecule has 0 spiro atoms. The molecule has 2 N–H and O–H groups in total. The Morgan fingerprint density at radius 1 is 0.964 bits per heavy atom. The average Bonchev–Trinajstić information content (AvgIpc) is 2.69. The lowest BCUT2D eigenvalue weighted by molar-refractivity contribution is -0.0502. The minimum Gasteiger partial charge on any atom is -0.503 e. The van der Waals surface area contributed by atoms with Crippen LogP contribution in [-0.2, 0) is 12.0 Å². The molecule has 0 radical (unpaired) electrons. The number of aliphatic hydroxyl groups is 1. The number of rotatable bonds is 2. The Kier molecular flexibility index (Phi) is 4.23. The van der Waals surface area contributed by atoms with E-state index in [2.05, 4.69) is 4.98 Å². The van der Waals surface area contributed by atoms with Gasteiger partial charge in [-0.15, -0.1) is 0 Å². The van der Waals surface area contributed by atoms with Gasteiger partial charge in [-0.3, -0.25) is 4.98 Å². The van der Waals surface area contributed by atoms with Gasteiger partial charge in [0.05, 0.1) is 5.69 Å². The number of aromatic hydroxyl groups is 1. The van der Waals surface area contributed by atoms with Gasteiger partial charge in [-0.1, -0.05) is 50.2 Å². The summed E-state index contributed by atoms with van der Waals surface area (Å²) < 4.78 is 27.5. The van der Waals surface area contributed by atoms with Gasteiger partial charge in [-0.05, 0) is 36.6 Å². The number of pyridine rings is 1. The number of phenolic OH excluding ortho intramolecular Hbond substituents is 1. The van der Waals surface area contributed by atoms with Crippen LogP contribution in [0.15, 0.2) is 54.6 Å². The fourth-order valence-corrected chi connectivity index (χ4v) is 4.10. The molecule has 28 heavy (non-hydrogen) atoms. The summed E-state index contributed by atoms with van der Waals surface area (Å²) in [6, 6.07) is 15.0. The van der Waals surface area contributed by atoms with E-state index in [-0.39, 0.29) is 5.56 Å². The number of hydrogen-bond donors (Lipinski definition) is 2. The summed E-state index contributed by atoms with van der Waals surface area (Å²) in [5.74, 6) is -3.06. The first-order chi connectivity index (χ1) is 13.2. The normalized spacial score (nSPS) is 20.6. The number of aryl methyl sites for hydroxylation is 1. The molecule has 1 aliphatic carbocycles. The number of hydrogen-bond acceptors (Lipinski definition) is 3. The van der Waals surface area contributed by atoms with Crippen molar-refractivity contribution in [1.29, 1.82) is 0 Å². The van der Waals surface area contributed by atoms with E-state index in [1.165, 1.54) is 0 Å². The van der Waals surface area contributed by atoms with Crippen LogP contribution in [0.5, 0.6) is 5.75 Å². The van der Waals surface area contributed by atoms with Crippen molar-refractivity contribution in [2.75, 3.05) is 0 Å². The molecular formula is C23H21F2NO2. The van der Waals surface area contributed by atoms with Crippen molar-refractivity contribution in [3.8, 4) is 17.0 Å². The number of nitrogens with zero attached hydrogens (tertiary/aromatic N) is 1. The molecule has 0 aliphatic heterocycles. The van der Waals surface area contributed by atoms with Gasteiger partial charge in [0.15, 0.2) is 17.4 Å². The zero-order valence-corrected chi connectivity index (χ0v) is 15.7. The number of phenols is 1. The van der Waals surface area contributed by atoms with E-state index in [0.717, 1.165) is 17.7 Å². The van der Waals surface area contributed by atoms with Crippen molar-refractivity contribution in [3.05, 3.63) is 83.1 Å². The molecule has 0 bridgehead atoms. The average molecular weight is 381 g/mol. The Morgan fingerprint density at radius 2 is 1.61 bits per heavy atom. The smallest absolute Gasteiger partial charge is 0.187 e. The molecule has 1 aromatic heterocycles. The van der Waals surface area contributed by atoms with Crippen LogP contribution in [0, 0.1) is 17.0 Å². The SMILES string of the molecule is CC1(C)CCc2nc(-c3cc(F)c(O)c(F)c3)ccc2C1(O)c1ccccc1. The van der Waals surface area contributed by atoms with Crippen LogP contribution in [0.3, 0.4) is 0 Å². The highest BCUT2D eigenvalue weighted by atomic mass is 19.1. The summed E-state index contributed by atoms with van der Waals surface area (Å²) in [4.78, 5) is 4.61. The maximum Gasteiger partial charge on any atom is 0.187 e. The molecule has 1 atom stereocenters. The zero-order chi connectivity index (χ0) is 20.1. The fraction of sp³-hybridized carbons (Fsp3) is 0.261. The third-order valence-corrected chi connectivity index (χ3v) is 5.83. The highest BCUT2D eigenvalue weighted by Gasteiger charge is 2.50. The van der Waals surface area contributed by atoms with E-state index in [1.54, 1.807) is 12.1 Å².